The minimum absolute atomic E-state index is 0.291. The molecule has 5 heterocycles. The summed E-state index contributed by atoms with van der Waals surface area (Å²) in [7, 11) is 3.90. The number of carboxylic acids is 1. The van der Waals surface area contributed by atoms with Gasteiger partial charge in [-0.2, -0.15) is 0 Å². The Morgan fingerprint density at radius 2 is 1.83 bits per heavy atom. The molecule has 2 aromatic heterocycles. The first-order chi connectivity index (χ1) is 22.3. The first kappa shape index (κ1) is 32.4. The van der Waals surface area contributed by atoms with Crippen molar-refractivity contribution in [2.75, 3.05) is 27.2 Å². The molecule has 0 saturated carbocycles. The predicted octanol–water partition coefficient (Wildman–Crippen LogP) is 7.99. The number of thiol groups is 1. The van der Waals surface area contributed by atoms with E-state index in [0.29, 0.717) is 18.0 Å². The van der Waals surface area contributed by atoms with Gasteiger partial charge in [0.05, 0.1) is 30.6 Å². The molecule has 46 heavy (non-hydrogen) atoms. The molecule has 2 aromatic carbocycles. The summed E-state index contributed by atoms with van der Waals surface area (Å²) in [4.78, 5) is 19.9. The Hall–Kier alpha value is -3.59. The number of benzene rings is 2. The lowest BCUT2D eigenvalue weighted by Crippen LogP contribution is -2.49. The second-order valence-corrected chi connectivity index (χ2v) is 13.5. The van der Waals surface area contributed by atoms with Gasteiger partial charge >= 0.3 is 5.97 Å². The zero-order valence-corrected chi connectivity index (χ0v) is 28.3. The second-order valence-electron chi connectivity index (χ2n) is 13.0. The first-order valence-corrected chi connectivity index (χ1v) is 17.1. The van der Waals surface area contributed by atoms with Gasteiger partial charge in [0.1, 0.15) is 5.75 Å². The number of likely N-dealkylation sites (N-methyl/N-ethyl adjacent to an activating group) is 1. The average molecular weight is 639 g/mol. The van der Waals surface area contributed by atoms with Crippen LogP contribution in [0.25, 0.3) is 33.8 Å². The number of ether oxygens (including phenoxy) is 1. The van der Waals surface area contributed by atoms with Crippen molar-refractivity contribution in [1.29, 1.82) is 0 Å². The molecule has 2 N–H and O–H groups in total. The number of pyridine rings is 1. The van der Waals surface area contributed by atoms with Gasteiger partial charge in [-0.05, 0) is 104 Å². The number of methoxy groups -OCH3 is 1. The van der Waals surface area contributed by atoms with Crippen LogP contribution in [-0.4, -0.2) is 64.9 Å². The quantitative estimate of drug-likeness (QED) is 0.170. The number of piperazine rings is 1. The number of hydrogen-bond donors (Lipinski definition) is 3. The van der Waals surface area contributed by atoms with E-state index in [1.54, 1.807) is 19.4 Å². The summed E-state index contributed by atoms with van der Waals surface area (Å²) in [5.74, 6) is 0.241. The number of carboxylic acid groups (broad SMARTS) is 1. The average Bonchev–Trinajstić information content (AvgIpc) is 3.50. The Morgan fingerprint density at radius 1 is 1.09 bits per heavy atom. The Bertz CT molecular complexity index is 1740. The molecule has 0 amide bonds. The number of aromatic carboxylic acids is 1. The molecule has 0 aliphatic carbocycles. The topological polar surface area (TPSA) is 79.6 Å². The molecule has 2 bridgehead atoms. The molecule has 0 spiro atoms. The van der Waals surface area contributed by atoms with Crippen LogP contribution in [0, 0.1) is 0 Å². The number of hydrogen-bond acceptors (Lipinski definition) is 6. The molecule has 242 valence electrons. The van der Waals surface area contributed by atoms with E-state index in [-0.39, 0.29) is 0 Å². The van der Waals surface area contributed by atoms with Crippen molar-refractivity contribution < 1.29 is 14.6 Å². The van der Waals surface area contributed by atoms with E-state index in [1.807, 2.05) is 30.3 Å². The number of aromatic nitrogens is 2. The number of allylic oxidation sites excluding steroid dienone is 1. The van der Waals surface area contributed by atoms with Crippen LogP contribution in [0.2, 0.25) is 0 Å². The van der Waals surface area contributed by atoms with Crippen molar-refractivity contribution in [2.45, 2.75) is 81.8 Å². The summed E-state index contributed by atoms with van der Waals surface area (Å²) in [6, 6.07) is 17.2. The van der Waals surface area contributed by atoms with Gasteiger partial charge in [-0.15, -0.1) is 12.6 Å². The molecule has 0 radical (unpaired) electrons. The van der Waals surface area contributed by atoms with Crippen LogP contribution in [0.5, 0.6) is 5.75 Å². The third-order valence-electron chi connectivity index (χ3n) is 9.69. The van der Waals surface area contributed by atoms with Gasteiger partial charge in [0.25, 0.3) is 0 Å². The van der Waals surface area contributed by atoms with Crippen LogP contribution in [0.4, 0.5) is 0 Å². The van der Waals surface area contributed by atoms with E-state index in [1.165, 1.54) is 31.5 Å². The lowest BCUT2D eigenvalue weighted by molar-refractivity contribution is 0.0697. The maximum Gasteiger partial charge on any atom is 0.335 e. The van der Waals surface area contributed by atoms with E-state index in [4.69, 9.17) is 17.4 Å². The van der Waals surface area contributed by atoms with E-state index < -0.39 is 5.97 Å². The lowest BCUT2D eigenvalue weighted by Gasteiger charge is -2.29. The summed E-state index contributed by atoms with van der Waals surface area (Å²) in [6.45, 7) is 7.54. The molecule has 2 fully saturated rings. The standard InChI is InChI=1S/C31H32N2O3S.C7H14N2/c1-4-7-19(8-5-2)28-25-12-10-20(31(34)35)17-26(25)33-18-22(29-27(37)9-6-14-32-29)15-21-16-23(36-3)11-13-24(21)30(28)33;1-9-4-6-2-3-7(5-9)8-6/h6,9-17,19,37H,4-5,7-8,18H2,1-3H3,(H,34,35);6-8H,2-5H2,1H3. The number of nitrogens with one attached hydrogen (secondary N) is 1. The molecule has 2 saturated heterocycles. The van der Waals surface area contributed by atoms with Crippen LogP contribution in [0.1, 0.15) is 85.5 Å². The van der Waals surface area contributed by atoms with E-state index in [2.05, 4.69) is 58.9 Å². The van der Waals surface area contributed by atoms with Gasteiger partial charge < -0.3 is 24.6 Å². The molecule has 8 heteroatoms. The zero-order chi connectivity index (χ0) is 32.4. The number of carbonyl (C=O) groups is 1. The number of rotatable bonds is 8. The normalized spacial score (nSPS) is 18.8. The fraction of sp³-hybridized carbons (Fsp3) is 0.421. The highest BCUT2D eigenvalue weighted by Gasteiger charge is 2.30. The minimum Gasteiger partial charge on any atom is -0.497 e. The monoisotopic (exact) mass is 638 g/mol. The Kier molecular flexibility index (Phi) is 9.87. The Morgan fingerprint density at radius 3 is 2.48 bits per heavy atom. The molecular weight excluding hydrogens is 593 g/mol. The summed E-state index contributed by atoms with van der Waals surface area (Å²) in [5, 5.41) is 14.5. The highest BCUT2D eigenvalue weighted by Crippen LogP contribution is 2.46. The van der Waals surface area contributed by atoms with Crippen molar-refractivity contribution in [1.82, 2.24) is 19.8 Å². The fourth-order valence-electron chi connectivity index (χ4n) is 7.72. The summed E-state index contributed by atoms with van der Waals surface area (Å²) < 4.78 is 7.89. The second kappa shape index (κ2) is 14.0. The highest BCUT2D eigenvalue weighted by molar-refractivity contribution is 7.80. The smallest absolute Gasteiger partial charge is 0.335 e. The van der Waals surface area contributed by atoms with Gasteiger partial charge in [0.15, 0.2) is 0 Å². The van der Waals surface area contributed by atoms with Crippen molar-refractivity contribution in [3.05, 3.63) is 77.1 Å². The van der Waals surface area contributed by atoms with E-state index in [0.717, 1.165) is 87.4 Å². The van der Waals surface area contributed by atoms with Gasteiger partial charge in [-0.1, -0.05) is 32.8 Å². The van der Waals surface area contributed by atoms with Gasteiger partial charge in [0.2, 0.25) is 0 Å². The molecule has 7 nitrogen and oxygen atoms in total. The molecular formula is C38H46N4O3S. The maximum atomic E-state index is 12.0. The first-order valence-electron chi connectivity index (χ1n) is 16.7. The van der Waals surface area contributed by atoms with Crippen LogP contribution in [0.15, 0.2) is 59.6 Å². The predicted molar refractivity (Wildman–Crippen MR) is 190 cm³/mol. The molecule has 3 aliphatic rings. The minimum atomic E-state index is -0.922. The fourth-order valence-corrected chi connectivity index (χ4v) is 8.01. The molecule has 2 unspecified atom stereocenters. The van der Waals surface area contributed by atoms with E-state index in [9.17, 15) is 9.90 Å². The molecule has 7 rings (SSSR count). The zero-order valence-electron chi connectivity index (χ0n) is 27.4. The highest BCUT2D eigenvalue weighted by atomic mass is 32.1. The number of fused-ring (bicyclic) bond motifs is 7. The maximum absolute atomic E-state index is 12.0. The number of likely N-dealkylation sites (tertiary alicyclic amines) is 1. The Balaban J connectivity index is 0.000000352. The van der Waals surface area contributed by atoms with Crippen LogP contribution in [0.3, 0.4) is 0 Å². The van der Waals surface area contributed by atoms with Crippen LogP contribution in [-0.2, 0) is 6.54 Å². The van der Waals surface area contributed by atoms with Crippen molar-refractivity contribution >= 4 is 41.2 Å². The summed E-state index contributed by atoms with van der Waals surface area (Å²) >= 11 is 4.72. The largest absolute Gasteiger partial charge is 0.497 e. The van der Waals surface area contributed by atoms with Crippen molar-refractivity contribution in [2.24, 2.45) is 0 Å². The molecule has 2 atom stereocenters. The van der Waals surface area contributed by atoms with Crippen molar-refractivity contribution in [3.63, 3.8) is 0 Å². The van der Waals surface area contributed by atoms with Crippen LogP contribution >= 0.6 is 12.6 Å². The SMILES string of the molecule is CCCC(CCC)c1c2n(c3cc(C(=O)O)ccc13)CC(c1ncccc1S)=Cc1cc(OC)ccc1-2.CN1CC2CCC(C1)N2. The van der Waals surface area contributed by atoms with Gasteiger partial charge in [-0.3, -0.25) is 4.98 Å². The third kappa shape index (κ3) is 6.48. The van der Waals surface area contributed by atoms with Gasteiger partial charge in [0, 0.05) is 52.7 Å². The number of nitrogens with zero attached hydrogens (tertiary/aromatic N) is 3. The third-order valence-corrected chi connectivity index (χ3v) is 10.1. The lowest BCUT2D eigenvalue weighted by atomic mass is 9.86. The van der Waals surface area contributed by atoms with Gasteiger partial charge in [-0.25, -0.2) is 4.79 Å². The van der Waals surface area contributed by atoms with E-state index >= 15 is 0 Å². The van der Waals surface area contributed by atoms with Crippen molar-refractivity contribution in [3.8, 4) is 17.0 Å². The summed E-state index contributed by atoms with van der Waals surface area (Å²) in [5.41, 5.74) is 7.71. The molecule has 3 aliphatic heterocycles. The molecule has 4 aromatic rings. The Labute approximate surface area is 278 Å². The van der Waals surface area contributed by atoms with Crippen LogP contribution < -0.4 is 10.1 Å². The summed E-state index contributed by atoms with van der Waals surface area (Å²) in [6.07, 6.45) is 11.1.